The molecule has 6 heteroatoms. The molecule has 19 heavy (non-hydrogen) atoms. The minimum absolute atomic E-state index is 0.190. The highest BCUT2D eigenvalue weighted by atomic mass is 16.6. The van der Waals surface area contributed by atoms with E-state index in [1.54, 1.807) is 23.7 Å². The van der Waals surface area contributed by atoms with Gasteiger partial charge in [0, 0.05) is 6.07 Å². The van der Waals surface area contributed by atoms with E-state index in [4.69, 9.17) is 14.6 Å². The van der Waals surface area contributed by atoms with Crippen molar-refractivity contribution in [2.45, 2.75) is 6.92 Å². The summed E-state index contributed by atoms with van der Waals surface area (Å²) in [6.45, 7) is 2.76. The number of hydrogen-bond acceptors (Lipinski definition) is 4. The highest BCUT2D eigenvalue weighted by molar-refractivity contribution is 5.88. The van der Waals surface area contributed by atoms with Crippen molar-refractivity contribution in [3.8, 4) is 17.2 Å². The van der Waals surface area contributed by atoms with Gasteiger partial charge in [0.15, 0.2) is 11.5 Å². The maximum Gasteiger partial charge on any atom is 0.339 e. The molecule has 2 aromatic rings. The summed E-state index contributed by atoms with van der Waals surface area (Å²) >= 11 is 0. The second-order valence-electron chi connectivity index (χ2n) is 4.19. The second kappa shape index (κ2) is 4.31. The number of aromatic nitrogens is 2. The highest BCUT2D eigenvalue weighted by Gasteiger charge is 2.16. The van der Waals surface area contributed by atoms with E-state index in [0.29, 0.717) is 30.4 Å². The van der Waals surface area contributed by atoms with Gasteiger partial charge < -0.3 is 14.6 Å². The van der Waals surface area contributed by atoms with Crippen LogP contribution in [0.15, 0.2) is 24.4 Å². The first kappa shape index (κ1) is 11.6. The molecule has 0 amide bonds. The summed E-state index contributed by atoms with van der Waals surface area (Å²) in [6, 6.07) is 5.41. The summed E-state index contributed by atoms with van der Waals surface area (Å²) in [5.74, 6) is 0.357. The SMILES string of the molecule is Cc1c(C(=O)O)cnn1-c1ccc2c(c1)OCCO2. The van der Waals surface area contributed by atoms with Crippen molar-refractivity contribution in [1.82, 2.24) is 9.78 Å². The van der Waals surface area contributed by atoms with Crippen LogP contribution in [-0.2, 0) is 0 Å². The zero-order valence-corrected chi connectivity index (χ0v) is 10.3. The predicted molar refractivity (Wildman–Crippen MR) is 66.3 cm³/mol. The molecule has 1 aromatic carbocycles. The van der Waals surface area contributed by atoms with E-state index in [1.807, 2.05) is 6.07 Å². The molecule has 0 fully saturated rings. The molecule has 0 atom stereocenters. The number of aromatic carboxylic acids is 1. The van der Waals surface area contributed by atoms with Gasteiger partial charge in [0.05, 0.1) is 17.6 Å². The smallest absolute Gasteiger partial charge is 0.339 e. The average Bonchev–Trinajstić information content (AvgIpc) is 2.80. The summed E-state index contributed by atoms with van der Waals surface area (Å²) in [7, 11) is 0. The predicted octanol–water partition coefficient (Wildman–Crippen LogP) is 1.65. The Morgan fingerprint density at radius 2 is 2.05 bits per heavy atom. The lowest BCUT2D eigenvalue weighted by molar-refractivity contribution is 0.0696. The average molecular weight is 260 g/mol. The third-order valence-corrected chi connectivity index (χ3v) is 3.01. The van der Waals surface area contributed by atoms with Crippen LogP contribution in [0.5, 0.6) is 11.5 Å². The molecule has 1 N–H and O–H groups in total. The third-order valence-electron chi connectivity index (χ3n) is 3.01. The van der Waals surface area contributed by atoms with Crippen LogP contribution in [0.4, 0.5) is 0 Å². The van der Waals surface area contributed by atoms with E-state index < -0.39 is 5.97 Å². The summed E-state index contributed by atoms with van der Waals surface area (Å²) in [5, 5.41) is 13.1. The van der Waals surface area contributed by atoms with Crippen molar-refractivity contribution in [2.75, 3.05) is 13.2 Å². The first-order valence-electron chi connectivity index (χ1n) is 5.85. The number of carboxylic acid groups (broad SMARTS) is 1. The van der Waals surface area contributed by atoms with Crippen molar-refractivity contribution >= 4 is 5.97 Å². The zero-order valence-electron chi connectivity index (χ0n) is 10.3. The molecular weight excluding hydrogens is 248 g/mol. The Labute approximate surface area is 109 Å². The normalized spacial score (nSPS) is 13.3. The van der Waals surface area contributed by atoms with E-state index >= 15 is 0 Å². The largest absolute Gasteiger partial charge is 0.486 e. The van der Waals surface area contributed by atoms with Crippen molar-refractivity contribution in [3.63, 3.8) is 0 Å². The molecule has 1 aromatic heterocycles. The Morgan fingerprint density at radius 1 is 1.32 bits per heavy atom. The molecule has 2 heterocycles. The van der Waals surface area contributed by atoms with Crippen LogP contribution in [0.1, 0.15) is 16.1 Å². The third kappa shape index (κ3) is 1.91. The fourth-order valence-electron chi connectivity index (χ4n) is 2.04. The minimum Gasteiger partial charge on any atom is -0.486 e. The van der Waals surface area contributed by atoms with Crippen LogP contribution in [0, 0.1) is 6.92 Å². The van der Waals surface area contributed by atoms with Gasteiger partial charge in [-0.05, 0) is 19.1 Å². The summed E-state index contributed by atoms with van der Waals surface area (Å²) in [4.78, 5) is 11.0. The molecule has 1 aliphatic rings. The molecule has 0 bridgehead atoms. The molecule has 0 spiro atoms. The number of ether oxygens (including phenoxy) is 2. The van der Waals surface area contributed by atoms with Gasteiger partial charge in [0.2, 0.25) is 0 Å². The molecule has 0 aliphatic carbocycles. The molecular formula is C13H12N2O4. The standard InChI is InChI=1S/C13H12N2O4/c1-8-10(13(16)17)7-14-15(8)9-2-3-11-12(6-9)19-5-4-18-11/h2-3,6-7H,4-5H2,1H3,(H,16,17). The van der Waals surface area contributed by atoms with E-state index in [1.165, 1.54) is 6.20 Å². The number of hydrogen-bond donors (Lipinski definition) is 1. The minimum atomic E-state index is -0.985. The highest BCUT2D eigenvalue weighted by Crippen LogP contribution is 2.32. The summed E-state index contributed by atoms with van der Waals surface area (Å²) in [6.07, 6.45) is 1.34. The van der Waals surface area contributed by atoms with E-state index in [9.17, 15) is 4.79 Å². The number of rotatable bonds is 2. The van der Waals surface area contributed by atoms with Gasteiger partial charge in [0.1, 0.15) is 18.8 Å². The number of carboxylic acids is 1. The number of fused-ring (bicyclic) bond motifs is 1. The Morgan fingerprint density at radius 3 is 2.74 bits per heavy atom. The van der Waals surface area contributed by atoms with E-state index in [0.717, 1.165) is 5.69 Å². The lowest BCUT2D eigenvalue weighted by Crippen LogP contribution is -2.15. The molecule has 0 saturated heterocycles. The molecule has 0 unspecified atom stereocenters. The molecule has 6 nitrogen and oxygen atoms in total. The summed E-state index contributed by atoms with van der Waals surface area (Å²) < 4.78 is 12.5. The van der Waals surface area contributed by atoms with E-state index in [2.05, 4.69) is 5.10 Å². The van der Waals surface area contributed by atoms with Crippen molar-refractivity contribution in [2.24, 2.45) is 0 Å². The number of nitrogens with zero attached hydrogens (tertiary/aromatic N) is 2. The molecule has 3 rings (SSSR count). The van der Waals surface area contributed by atoms with Crippen LogP contribution < -0.4 is 9.47 Å². The second-order valence-corrected chi connectivity index (χ2v) is 4.19. The monoisotopic (exact) mass is 260 g/mol. The van der Waals surface area contributed by atoms with Crippen LogP contribution in [-0.4, -0.2) is 34.1 Å². The maximum absolute atomic E-state index is 11.0. The maximum atomic E-state index is 11.0. The molecule has 1 aliphatic heterocycles. The Hall–Kier alpha value is -2.50. The Kier molecular flexibility index (Phi) is 2.63. The van der Waals surface area contributed by atoms with Gasteiger partial charge >= 0.3 is 5.97 Å². The van der Waals surface area contributed by atoms with E-state index in [-0.39, 0.29) is 5.56 Å². The van der Waals surface area contributed by atoms with Gasteiger partial charge in [-0.15, -0.1) is 0 Å². The number of benzene rings is 1. The van der Waals surface area contributed by atoms with Crippen molar-refractivity contribution in [3.05, 3.63) is 35.7 Å². The van der Waals surface area contributed by atoms with Crippen molar-refractivity contribution in [1.29, 1.82) is 0 Å². The van der Waals surface area contributed by atoms with Gasteiger partial charge in [-0.1, -0.05) is 0 Å². The molecule has 0 radical (unpaired) electrons. The van der Waals surface area contributed by atoms with Gasteiger partial charge in [-0.2, -0.15) is 5.10 Å². The van der Waals surface area contributed by atoms with Crippen molar-refractivity contribution < 1.29 is 19.4 Å². The number of carbonyl (C=O) groups is 1. The van der Waals surface area contributed by atoms with Gasteiger partial charge in [0.25, 0.3) is 0 Å². The lowest BCUT2D eigenvalue weighted by Gasteiger charge is -2.19. The molecule has 0 saturated carbocycles. The quantitative estimate of drug-likeness (QED) is 0.888. The first-order valence-corrected chi connectivity index (χ1v) is 5.85. The van der Waals surface area contributed by atoms with Crippen LogP contribution in [0.3, 0.4) is 0 Å². The first-order chi connectivity index (χ1) is 9.16. The van der Waals surface area contributed by atoms with Crippen LogP contribution >= 0.6 is 0 Å². The fourth-order valence-corrected chi connectivity index (χ4v) is 2.04. The van der Waals surface area contributed by atoms with Gasteiger partial charge in [-0.3, -0.25) is 0 Å². The molecule has 98 valence electrons. The lowest BCUT2D eigenvalue weighted by atomic mass is 10.2. The van der Waals surface area contributed by atoms with Crippen LogP contribution in [0.2, 0.25) is 0 Å². The zero-order chi connectivity index (χ0) is 13.4. The Bertz CT molecular complexity index is 648. The van der Waals surface area contributed by atoms with Crippen LogP contribution in [0.25, 0.3) is 5.69 Å². The topological polar surface area (TPSA) is 73.6 Å². The fraction of sp³-hybridized carbons (Fsp3) is 0.231. The van der Waals surface area contributed by atoms with Gasteiger partial charge in [-0.25, -0.2) is 9.48 Å². The summed E-state index contributed by atoms with van der Waals surface area (Å²) in [5.41, 5.74) is 1.51. The Balaban J connectivity index is 2.05.